The number of fused-ring (bicyclic) bond motifs is 1. The fourth-order valence-electron chi connectivity index (χ4n) is 1.58. The molecule has 0 radical (unpaired) electrons. The van der Waals surface area contributed by atoms with Crippen LogP contribution in [0.4, 0.5) is 4.79 Å². The number of amides is 1. The van der Waals surface area contributed by atoms with E-state index in [1.807, 2.05) is 33.1 Å². The molecule has 0 spiro atoms. The first-order valence-corrected chi connectivity index (χ1v) is 5.61. The smallest absolute Gasteiger partial charge is 0.414 e. The van der Waals surface area contributed by atoms with E-state index in [9.17, 15) is 4.79 Å². The number of carbonyl (C=O) groups is 1. The number of hydrogen-bond acceptors (Lipinski definition) is 4. The van der Waals surface area contributed by atoms with Crippen molar-refractivity contribution in [2.75, 3.05) is 13.2 Å². The predicted molar refractivity (Wildman–Crippen MR) is 65.6 cm³/mol. The van der Waals surface area contributed by atoms with Crippen LogP contribution in [0.5, 0.6) is 0 Å². The van der Waals surface area contributed by atoms with Crippen molar-refractivity contribution in [3.05, 3.63) is 23.5 Å². The van der Waals surface area contributed by atoms with Crippen molar-refractivity contribution in [1.29, 1.82) is 0 Å². The van der Waals surface area contributed by atoms with Crippen molar-refractivity contribution in [1.82, 2.24) is 10.2 Å². The highest BCUT2D eigenvalue weighted by molar-refractivity contribution is 5.86. The highest BCUT2D eigenvalue weighted by atomic mass is 16.6. The Kier molecular flexibility index (Phi) is 2.92. The normalized spacial score (nSPS) is 18.9. The third-order valence-corrected chi connectivity index (χ3v) is 2.32. The average molecular weight is 235 g/mol. The molecule has 0 unspecified atom stereocenters. The van der Waals surface area contributed by atoms with E-state index in [0.717, 1.165) is 11.3 Å². The van der Waals surface area contributed by atoms with Gasteiger partial charge >= 0.3 is 6.09 Å². The Morgan fingerprint density at radius 3 is 3.00 bits per heavy atom. The van der Waals surface area contributed by atoms with Crippen molar-refractivity contribution in [2.45, 2.75) is 26.4 Å². The Bertz CT molecular complexity index is 416. The van der Waals surface area contributed by atoms with Gasteiger partial charge < -0.3 is 10.1 Å². The number of ether oxygens (including phenoxy) is 1. The van der Waals surface area contributed by atoms with E-state index in [-0.39, 0.29) is 6.09 Å². The summed E-state index contributed by atoms with van der Waals surface area (Å²) in [6.07, 6.45) is 5.21. The minimum absolute atomic E-state index is 0.329. The Morgan fingerprint density at radius 2 is 2.29 bits per heavy atom. The van der Waals surface area contributed by atoms with Crippen LogP contribution in [0.15, 0.2) is 28.5 Å². The molecule has 1 N–H and O–H groups in total. The summed E-state index contributed by atoms with van der Waals surface area (Å²) in [4.78, 5) is 17.5. The first-order chi connectivity index (χ1) is 7.96. The Balaban J connectivity index is 2.07. The van der Waals surface area contributed by atoms with Crippen molar-refractivity contribution in [3.8, 4) is 0 Å². The molecule has 2 aliphatic rings. The maximum absolute atomic E-state index is 11.9. The van der Waals surface area contributed by atoms with Gasteiger partial charge in [-0.3, -0.25) is 9.89 Å². The third-order valence-electron chi connectivity index (χ3n) is 2.32. The van der Waals surface area contributed by atoms with Crippen LogP contribution in [0.25, 0.3) is 0 Å². The molecule has 0 saturated carbocycles. The van der Waals surface area contributed by atoms with Gasteiger partial charge in [-0.05, 0) is 20.8 Å². The van der Waals surface area contributed by atoms with Gasteiger partial charge in [0.1, 0.15) is 12.3 Å². The number of allylic oxidation sites excluding steroid dienone is 1. The van der Waals surface area contributed by atoms with Crippen molar-refractivity contribution >= 4 is 12.3 Å². The van der Waals surface area contributed by atoms with Gasteiger partial charge in [-0.25, -0.2) is 4.79 Å². The second kappa shape index (κ2) is 4.24. The fourth-order valence-corrected chi connectivity index (χ4v) is 1.58. The maximum Gasteiger partial charge on any atom is 0.414 e. The van der Waals surface area contributed by atoms with Crippen LogP contribution in [0, 0.1) is 0 Å². The molecule has 5 heteroatoms. The summed E-state index contributed by atoms with van der Waals surface area (Å²) >= 11 is 0. The van der Waals surface area contributed by atoms with Gasteiger partial charge in [0.25, 0.3) is 0 Å². The van der Waals surface area contributed by atoms with Gasteiger partial charge in [-0.15, -0.1) is 0 Å². The zero-order valence-electron chi connectivity index (χ0n) is 10.4. The quantitative estimate of drug-likeness (QED) is 0.694. The van der Waals surface area contributed by atoms with E-state index in [4.69, 9.17) is 4.74 Å². The van der Waals surface area contributed by atoms with Crippen LogP contribution in [0.3, 0.4) is 0 Å². The first-order valence-electron chi connectivity index (χ1n) is 5.61. The topological polar surface area (TPSA) is 53.9 Å². The zero-order chi connectivity index (χ0) is 12.5. The molecule has 0 fully saturated rings. The van der Waals surface area contributed by atoms with Gasteiger partial charge in [0.2, 0.25) is 0 Å². The zero-order valence-corrected chi connectivity index (χ0v) is 10.4. The summed E-state index contributed by atoms with van der Waals surface area (Å²) < 4.78 is 5.31. The molecule has 0 aliphatic carbocycles. The molecule has 0 aromatic heterocycles. The molecule has 0 atom stereocenters. The number of nitrogens with zero attached hydrogens (tertiary/aromatic N) is 2. The summed E-state index contributed by atoms with van der Waals surface area (Å²) in [5.74, 6) is 0. The number of hydrogen-bond donors (Lipinski definition) is 1. The highest BCUT2D eigenvalue weighted by Crippen LogP contribution is 2.17. The molecule has 92 valence electrons. The lowest BCUT2D eigenvalue weighted by molar-refractivity contribution is 0.0348. The summed E-state index contributed by atoms with van der Waals surface area (Å²) in [6, 6.07) is 0. The second-order valence-corrected chi connectivity index (χ2v) is 4.98. The summed E-state index contributed by atoms with van der Waals surface area (Å²) in [5.41, 5.74) is 1.47. The van der Waals surface area contributed by atoms with E-state index >= 15 is 0 Å². The lowest BCUT2D eigenvalue weighted by Crippen LogP contribution is -2.37. The van der Waals surface area contributed by atoms with E-state index in [1.54, 1.807) is 11.1 Å². The Hall–Kier alpha value is -1.78. The maximum atomic E-state index is 11.9. The predicted octanol–water partition coefficient (Wildman–Crippen LogP) is 1.64. The van der Waals surface area contributed by atoms with Crippen molar-refractivity contribution < 1.29 is 9.53 Å². The molecular formula is C12H17N3O2. The van der Waals surface area contributed by atoms with Gasteiger partial charge in [0.15, 0.2) is 0 Å². The van der Waals surface area contributed by atoms with E-state index in [1.165, 1.54) is 0 Å². The molecule has 2 aliphatic heterocycles. The molecule has 0 saturated heterocycles. The molecule has 0 aromatic carbocycles. The molecule has 0 bridgehead atoms. The van der Waals surface area contributed by atoms with Crippen molar-refractivity contribution in [3.63, 3.8) is 0 Å². The summed E-state index contributed by atoms with van der Waals surface area (Å²) in [7, 11) is 0. The molecule has 17 heavy (non-hydrogen) atoms. The number of aliphatic imine (C=N–C) groups is 1. The van der Waals surface area contributed by atoms with Gasteiger partial charge in [-0.2, -0.15) is 0 Å². The standard InChI is InChI=1S/C12H17N3O2/c1-12(2,3)17-11(16)15-5-4-9-6-13-8-14-10(9)7-15/h4,6-7,14H,5,8H2,1-3H3. The molecule has 2 rings (SSSR count). The Labute approximate surface area is 101 Å². The molecule has 2 heterocycles. The number of nitrogens with one attached hydrogen (secondary N) is 1. The summed E-state index contributed by atoms with van der Waals surface area (Å²) in [6.45, 7) is 6.63. The second-order valence-electron chi connectivity index (χ2n) is 4.98. The minimum atomic E-state index is -0.471. The largest absolute Gasteiger partial charge is 0.443 e. The third kappa shape index (κ3) is 2.87. The SMILES string of the molecule is CC(C)(C)OC(=O)N1C=C2NCN=CC2=CC1. The van der Waals surface area contributed by atoms with E-state index in [2.05, 4.69) is 10.3 Å². The Morgan fingerprint density at radius 1 is 1.53 bits per heavy atom. The monoisotopic (exact) mass is 235 g/mol. The fraction of sp³-hybridized carbons (Fsp3) is 0.500. The number of carbonyl (C=O) groups excluding carboxylic acids is 1. The molecule has 5 nitrogen and oxygen atoms in total. The van der Waals surface area contributed by atoms with E-state index < -0.39 is 5.60 Å². The van der Waals surface area contributed by atoms with Crippen LogP contribution in [-0.4, -0.2) is 36.0 Å². The van der Waals surface area contributed by atoms with Gasteiger partial charge in [0.05, 0.1) is 5.70 Å². The molecule has 0 aromatic rings. The molecular weight excluding hydrogens is 218 g/mol. The number of rotatable bonds is 0. The van der Waals surface area contributed by atoms with Crippen LogP contribution in [0.1, 0.15) is 20.8 Å². The van der Waals surface area contributed by atoms with Gasteiger partial charge in [0, 0.05) is 24.5 Å². The van der Waals surface area contributed by atoms with Gasteiger partial charge in [-0.1, -0.05) is 6.08 Å². The van der Waals surface area contributed by atoms with Crippen LogP contribution in [-0.2, 0) is 4.74 Å². The van der Waals surface area contributed by atoms with E-state index in [0.29, 0.717) is 13.2 Å². The lowest BCUT2D eigenvalue weighted by atomic mass is 10.1. The first kappa shape index (κ1) is 11.7. The molecule has 1 amide bonds. The summed E-state index contributed by atoms with van der Waals surface area (Å²) in [5, 5.41) is 3.11. The average Bonchev–Trinajstić information content (AvgIpc) is 2.26. The van der Waals surface area contributed by atoms with Crippen molar-refractivity contribution in [2.24, 2.45) is 4.99 Å². The lowest BCUT2D eigenvalue weighted by Gasteiger charge is -2.28. The van der Waals surface area contributed by atoms with Crippen LogP contribution >= 0.6 is 0 Å². The minimum Gasteiger partial charge on any atom is -0.443 e. The van der Waals surface area contributed by atoms with Crippen LogP contribution < -0.4 is 5.32 Å². The van der Waals surface area contributed by atoms with Crippen LogP contribution in [0.2, 0.25) is 0 Å². The highest BCUT2D eigenvalue weighted by Gasteiger charge is 2.23.